The number of amides is 1. The van der Waals surface area contributed by atoms with Crippen molar-refractivity contribution >= 4 is 44.6 Å². The topological polar surface area (TPSA) is 54.4 Å². The van der Waals surface area contributed by atoms with Crippen LogP contribution in [0.15, 0.2) is 84.2 Å². The summed E-state index contributed by atoms with van der Waals surface area (Å²) in [7, 11) is 0. The minimum Gasteiger partial charge on any atom is -0.266 e. The van der Waals surface area contributed by atoms with E-state index in [2.05, 4.69) is 15.5 Å². The Hall–Kier alpha value is -3.02. The molecule has 0 radical (unpaired) electrons. The van der Waals surface area contributed by atoms with Crippen LogP contribution < -0.4 is 5.43 Å². The molecule has 27 heavy (non-hydrogen) atoms. The summed E-state index contributed by atoms with van der Waals surface area (Å²) in [5, 5.41) is 5.70. The predicted molar refractivity (Wildman–Crippen MR) is 111 cm³/mol. The molecule has 4 nitrogen and oxygen atoms in total. The zero-order chi connectivity index (χ0) is 18.6. The molecule has 0 aliphatic rings. The van der Waals surface area contributed by atoms with Gasteiger partial charge in [0.25, 0.3) is 5.91 Å². The maximum absolute atomic E-state index is 12.7. The standard InChI is InChI=1S/C21H14ClN3OS/c22-18-16-10-4-5-11-17(16)27-20(18)21(26)25-24-19(14-7-2-1-3-8-14)15-9-6-12-23-13-15/h1-13H,(H,25,26). The molecule has 2 heterocycles. The second kappa shape index (κ2) is 7.70. The highest BCUT2D eigenvalue weighted by Crippen LogP contribution is 2.34. The van der Waals surface area contributed by atoms with Crippen molar-refractivity contribution in [2.24, 2.45) is 5.10 Å². The molecule has 0 aliphatic heterocycles. The van der Waals surface area contributed by atoms with Crippen LogP contribution in [0.25, 0.3) is 10.1 Å². The Labute approximate surface area is 165 Å². The Morgan fingerprint density at radius 3 is 2.44 bits per heavy atom. The summed E-state index contributed by atoms with van der Waals surface area (Å²) in [4.78, 5) is 17.3. The normalized spacial score (nSPS) is 11.5. The minimum absolute atomic E-state index is 0.335. The van der Waals surface area contributed by atoms with Gasteiger partial charge in [-0.25, -0.2) is 5.43 Å². The molecule has 0 bridgehead atoms. The van der Waals surface area contributed by atoms with Gasteiger partial charge >= 0.3 is 0 Å². The monoisotopic (exact) mass is 391 g/mol. The second-order valence-corrected chi connectivity index (χ2v) is 7.18. The number of benzene rings is 2. The summed E-state index contributed by atoms with van der Waals surface area (Å²) in [6.07, 6.45) is 3.41. The maximum atomic E-state index is 12.7. The van der Waals surface area contributed by atoms with Crippen molar-refractivity contribution in [1.29, 1.82) is 0 Å². The number of pyridine rings is 1. The molecular formula is C21H14ClN3OS. The zero-order valence-electron chi connectivity index (χ0n) is 14.1. The first-order valence-corrected chi connectivity index (χ1v) is 9.44. The lowest BCUT2D eigenvalue weighted by molar-refractivity contribution is 0.0959. The number of carbonyl (C=O) groups is 1. The Kier molecular flexibility index (Phi) is 4.96. The quantitative estimate of drug-likeness (QED) is 0.387. The number of halogens is 1. The van der Waals surface area contributed by atoms with Crippen LogP contribution in [-0.2, 0) is 0 Å². The first-order valence-electron chi connectivity index (χ1n) is 8.25. The van der Waals surface area contributed by atoms with Crippen LogP contribution >= 0.6 is 22.9 Å². The largest absolute Gasteiger partial charge is 0.283 e. The van der Waals surface area contributed by atoms with Gasteiger partial charge in [0.1, 0.15) is 4.88 Å². The molecule has 132 valence electrons. The van der Waals surface area contributed by atoms with Gasteiger partial charge in [0.05, 0.1) is 10.7 Å². The molecule has 4 rings (SSSR count). The lowest BCUT2D eigenvalue weighted by atomic mass is 10.0. The molecule has 0 atom stereocenters. The number of hydrazone groups is 1. The van der Waals surface area contributed by atoms with E-state index in [0.717, 1.165) is 21.2 Å². The van der Waals surface area contributed by atoms with Gasteiger partial charge < -0.3 is 0 Å². The SMILES string of the molecule is O=C(NN=C(c1ccccc1)c1cccnc1)c1sc2ccccc2c1Cl. The highest BCUT2D eigenvalue weighted by atomic mass is 35.5. The molecule has 0 unspecified atom stereocenters. The van der Waals surface area contributed by atoms with Gasteiger partial charge in [-0.1, -0.05) is 60.1 Å². The van der Waals surface area contributed by atoms with E-state index in [-0.39, 0.29) is 5.91 Å². The lowest BCUT2D eigenvalue weighted by Crippen LogP contribution is -2.20. The molecule has 0 saturated carbocycles. The average molecular weight is 392 g/mol. The van der Waals surface area contributed by atoms with Crippen LogP contribution in [0.5, 0.6) is 0 Å². The predicted octanol–water partition coefficient (Wildman–Crippen LogP) is 5.13. The van der Waals surface area contributed by atoms with Crippen molar-refractivity contribution in [2.45, 2.75) is 0 Å². The van der Waals surface area contributed by atoms with Crippen molar-refractivity contribution < 1.29 is 4.79 Å². The van der Waals surface area contributed by atoms with Gasteiger partial charge in [0.2, 0.25) is 0 Å². The molecule has 1 amide bonds. The molecule has 2 aromatic carbocycles. The van der Waals surface area contributed by atoms with E-state index < -0.39 is 0 Å². The number of hydrogen-bond donors (Lipinski definition) is 1. The number of fused-ring (bicyclic) bond motifs is 1. The van der Waals surface area contributed by atoms with E-state index in [1.165, 1.54) is 11.3 Å². The number of hydrogen-bond acceptors (Lipinski definition) is 4. The van der Waals surface area contributed by atoms with E-state index in [0.29, 0.717) is 15.6 Å². The highest BCUT2D eigenvalue weighted by molar-refractivity contribution is 7.21. The van der Waals surface area contributed by atoms with Crippen molar-refractivity contribution in [1.82, 2.24) is 10.4 Å². The van der Waals surface area contributed by atoms with Crippen molar-refractivity contribution in [3.63, 3.8) is 0 Å². The summed E-state index contributed by atoms with van der Waals surface area (Å²) in [6, 6.07) is 21.0. The first-order chi connectivity index (χ1) is 13.2. The third-order valence-corrected chi connectivity index (χ3v) is 5.67. The van der Waals surface area contributed by atoms with Crippen molar-refractivity contribution in [3.05, 3.63) is 100 Å². The molecule has 0 spiro atoms. The highest BCUT2D eigenvalue weighted by Gasteiger charge is 2.17. The van der Waals surface area contributed by atoms with E-state index in [1.54, 1.807) is 12.4 Å². The molecule has 0 aliphatic carbocycles. The van der Waals surface area contributed by atoms with Gasteiger partial charge in [-0.2, -0.15) is 5.10 Å². The van der Waals surface area contributed by atoms with Crippen LogP contribution in [0.3, 0.4) is 0 Å². The smallest absolute Gasteiger partial charge is 0.266 e. The van der Waals surface area contributed by atoms with Gasteiger partial charge in [0.15, 0.2) is 0 Å². The van der Waals surface area contributed by atoms with Crippen LogP contribution in [-0.4, -0.2) is 16.6 Å². The fourth-order valence-electron chi connectivity index (χ4n) is 2.71. The Morgan fingerprint density at radius 1 is 0.963 bits per heavy atom. The van der Waals surface area contributed by atoms with Gasteiger partial charge in [0, 0.05) is 33.6 Å². The van der Waals surface area contributed by atoms with E-state index in [9.17, 15) is 4.79 Å². The minimum atomic E-state index is -0.335. The van der Waals surface area contributed by atoms with Crippen molar-refractivity contribution in [2.75, 3.05) is 0 Å². The number of aromatic nitrogens is 1. The van der Waals surface area contributed by atoms with Crippen LogP contribution in [0.2, 0.25) is 5.02 Å². The zero-order valence-corrected chi connectivity index (χ0v) is 15.7. The molecule has 2 aromatic heterocycles. The van der Waals surface area contributed by atoms with Crippen LogP contribution in [0.4, 0.5) is 0 Å². The Morgan fingerprint density at radius 2 is 1.70 bits per heavy atom. The summed E-state index contributed by atoms with van der Waals surface area (Å²) in [6.45, 7) is 0. The van der Waals surface area contributed by atoms with E-state index >= 15 is 0 Å². The molecular weight excluding hydrogens is 378 g/mol. The van der Waals surface area contributed by atoms with E-state index in [1.807, 2.05) is 66.7 Å². The molecule has 0 saturated heterocycles. The molecule has 1 N–H and O–H groups in total. The lowest BCUT2D eigenvalue weighted by Gasteiger charge is -2.07. The van der Waals surface area contributed by atoms with Crippen molar-refractivity contribution in [3.8, 4) is 0 Å². The Balaban J connectivity index is 1.69. The molecule has 0 fully saturated rings. The second-order valence-electron chi connectivity index (χ2n) is 5.75. The number of nitrogens with one attached hydrogen (secondary N) is 1. The van der Waals surface area contributed by atoms with E-state index in [4.69, 9.17) is 11.6 Å². The van der Waals surface area contributed by atoms with Crippen LogP contribution in [0.1, 0.15) is 20.8 Å². The fourth-order valence-corrected chi connectivity index (χ4v) is 4.12. The number of thiophene rings is 1. The number of nitrogens with zero attached hydrogens (tertiary/aromatic N) is 2. The average Bonchev–Trinajstić information content (AvgIpc) is 3.07. The third-order valence-electron chi connectivity index (χ3n) is 3.99. The summed E-state index contributed by atoms with van der Waals surface area (Å²) >= 11 is 7.74. The van der Waals surface area contributed by atoms with Gasteiger partial charge in [-0.3, -0.25) is 9.78 Å². The number of rotatable bonds is 4. The Bertz CT molecular complexity index is 1080. The molecule has 6 heteroatoms. The third kappa shape index (κ3) is 3.60. The summed E-state index contributed by atoms with van der Waals surface area (Å²) in [5.41, 5.74) is 4.97. The summed E-state index contributed by atoms with van der Waals surface area (Å²) < 4.78 is 0.965. The number of carbonyl (C=O) groups excluding carboxylic acids is 1. The maximum Gasteiger partial charge on any atom is 0.283 e. The fraction of sp³-hybridized carbons (Fsp3) is 0. The van der Waals surface area contributed by atoms with Gasteiger partial charge in [-0.15, -0.1) is 11.3 Å². The van der Waals surface area contributed by atoms with Gasteiger partial charge in [-0.05, 0) is 18.2 Å². The summed E-state index contributed by atoms with van der Waals surface area (Å²) in [5.74, 6) is -0.335. The molecule has 4 aromatic rings. The first kappa shape index (κ1) is 17.4. The van der Waals surface area contributed by atoms with Crippen LogP contribution in [0, 0.1) is 0 Å².